The number of benzene rings is 1. The molecule has 28 heavy (non-hydrogen) atoms. The van der Waals surface area contributed by atoms with Gasteiger partial charge in [-0.25, -0.2) is 9.78 Å². The molecular formula is C17H17F3N2O5S. The first-order valence-corrected chi connectivity index (χ1v) is 9.03. The highest BCUT2D eigenvalue weighted by Crippen LogP contribution is 2.33. The quantitative estimate of drug-likeness (QED) is 0.546. The van der Waals surface area contributed by atoms with Crippen molar-refractivity contribution in [2.45, 2.75) is 17.8 Å². The Morgan fingerprint density at radius 1 is 1.32 bits per heavy atom. The average molecular weight is 418 g/mol. The standard InChI is InChI=1S/C17H17F3N2O5S/c1-22-15(25)10(14(17(18,19)20)21-16(22)28-3)6-9-4-5-11(12(7-9)26-2)27-8-13(23)24/h4-5,7H,6,8H2,1-3H3,(H,23,24). The molecule has 0 aliphatic heterocycles. The molecular weight excluding hydrogens is 401 g/mol. The minimum Gasteiger partial charge on any atom is -0.493 e. The van der Waals surface area contributed by atoms with E-state index in [-0.39, 0.29) is 23.1 Å². The molecule has 0 radical (unpaired) electrons. The van der Waals surface area contributed by atoms with E-state index in [4.69, 9.17) is 14.6 Å². The van der Waals surface area contributed by atoms with Gasteiger partial charge in [-0.3, -0.25) is 9.36 Å². The summed E-state index contributed by atoms with van der Waals surface area (Å²) in [6.07, 6.45) is -3.59. The highest BCUT2D eigenvalue weighted by Gasteiger charge is 2.37. The van der Waals surface area contributed by atoms with Crippen molar-refractivity contribution in [3.8, 4) is 11.5 Å². The first-order valence-electron chi connectivity index (χ1n) is 7.81. The van der Waals surface area contributed by atoms with Gasteiger partial charge in [0.1, 0.15) is 0 Å². The molecule has 0 unspecified atom stereocenters. The minimum absolute atomic E-state index is 0.0453. The molecule has 0 amide bonds. The van der Waals surface area contributed by atoms with Crippen LogP contribution >= 0.6 is 11.8 Å². The summed E-state index contributed by atoms with van der Waals surface area (Å²) in [7, 11) is 2.66. The number of rotatable bonds is 7. The van der Waals surface area contributed by atoms with Crippen LogP contribution in [0.1, 0.15) is 16.8 Å². The van der Waals surface area contributed by atoms with Crippen molar-refractivity contribution in [3.05, 3.63) is 45.4 Å². The molecule has 1 aromatic heterocycles. The summed E-state index contributed by atoms with van der Waals surface area (Å²) < 4.78 is 51.6. The van der Waals surface area contributed by atoms with Crippen LogP contribution in [-0.2, 0) is 24.4 Å². The molecule has 0 atom stereocenters. The van der Waals surface area contributed by atoms with Crippen LogP contribution < -0.4 is 15.0 Å². The number of hydrogen-bond donors (Lipinski definition) is 1. The van der Waals surface area contributed by atoms with Crippen LogP contribution in [0.2, 0.25) is 0 Å². The van der Waals surface area contributed by atoms with Crippen LogP contribution in [0, 0.1) is 0 Å². The summed E-state index contributed by atoms with van der Waals surface area (Å²) in [6, 6.07) is 4.19. The SMILES string of the molecule is COc1cc(Cc2c(C(F)(F)F)nc(SC)n(C)c2=O)ccc1OCC(=O)O. The number of methoxy groups -OCH3 is 1. The van der Waals surface area contributed by atoms with Crippen molar-refractivity contribution < 1.29 is 32.5 Å². The van der Waals surface area contributed by atoms with Crippen molar-refractivity contribution in [2.24, 2.45) is 7.05 Å². The van der Waals surface area contributed by atoms with E-state index in [1.165, 1.54) is 38.6 Å². The van der Waals surface area contributed by atoms with Crippen molar-refractivity contribution in [1.82, 2.24) is 9.55 Å². The lowest BCUT2D eigenvalue weighted by atomic mass is 10.0. The van der Waals surface area contributed by atoms with Gasteiger partial charge in [-0.1, -0.05) is 17.8 Å². The van der Waals surface area contributed by atoms with Gasteiger partial charge in [0.25, 0.3) is 5.56 Å². The van der Waals surface area contributed by atoms with E-state index >= 15 is 0 Å². The van der Waals surface area contributed by atoms with Gasteiger partial charge in [-0.15, -0.1) is 0 Å². The summed E-state index contributed by atoms with van der Waals surface area (Å²) in [5.74, 6) is -0.935. The molecule has 0 saturated carbocycles. The normalized spacial score (nSPS) is 11.4. The van der Waals surface area contributed by atoms with E-state index in [1.54, 1.807) is 0 Å². The van der Waals surface area contributed by atoms with E-state index in [2.05, 4.69) is 4.98 Å². The van der Waals surface area contributed by atoms with Gasteiger partial charge in [-0.2, -0.15) is 13.2 Å². The molecule has 1 heterocycles. The van der Waals surface area contributed by atoms with E-state index in [1.807, 2.05) is 0 Å². The number of thioether (sulfide) groups is 1. The summed E-state index contributed by atoms with van der Waals surface area (Å²) in [5, 5.41) is 8.63. The lowest BCUT2D eigenvalue weighted by Gasteiger charge is -2.16. The van der Waals surface area contributed by atoms with Gasteiger partial charge in [0, 0.05) is 13.5 Å². The van der Waals surface area contributed by atoms with Gasteiger partial charge in [0.15, 0.2) is 29.0 Å². The Labute approximate surface area is 162 Å². The third-order valence-electron chi connectivity index (χ3n) is 3.75. The van der Waals surface area contributed by atoms with Gasteiger partial charge in [-0.05, 0) is 24.0 Å². The van der Waals surface area contributed by atoms with Gasteiger partial charge >= 0.3 is 12.1 Å². The number of aliphatic carboxylic acids is 1. The number of carbonyl (C=O) groups is 1. The van der Waals surface area contributed by atoms with Crippen LogP contribution in [0.3, 0.4) is 0 Å². The van der Waals surface area contributed by atoms with Crippen LogP contribution in [-0.4, -0.2) is 40.6 Å². The van der Waals surface area contributed by atoms with Crippen LogP contribution in [0.15, 0.2) is 28.2 Å². The summed E-state index contributed by atoms with van der Waals surface area (Å²) >= 11 is 0.938. The zero-order valence-corrected chi connectivity index (χ0v) is 16.0. The zero-order valence-electron chi connectivity index (χ0n) is 15.2. The number of ether oxygens (including phenoxy) is 2. The van der Waals surface area contributed by atoms with Crippen molar-refractivity contribution in [3.63, 3.8) is 0 Å². The molecule has 0 saturated heterocycles. The molecule has 0 aliphatic rings. The topological polar surface area (TPSA) is 90.7 Å². The monoisotopic (exact) mass is 418 g/mol. The smallest absolute Gasteiger partial charge is 0.433 e. The molecule has 7 nitrogen and oxygen atoms in total. The lowest BCUT2D eigenvalue weighted by molar-refractivity contribution is -0.142. The number of hydrogen-bond acceptors (Lipinski definition) is 6. The molecule has 2 aromatic rings. The van der Waals surface area contributed by atoms with E-state index in [0.717, 1.165) is 16.3 Å². The molecule has 152 valence electrons. The Hall–Kier alpha value is -2.69. The van der Waals surface area contributed by atoms with Crippen LogP contribution in [0.4, 0.5) is 13.2 Å². The lowest BCUT2D eigenvalue weighted by Crippen LogP contribution is -2.29. The molecule has 2 rings (SSSR count). The van der Waals surface area contributed by atoms with Crippen molar-refractivity contribution >= 4 is 17.7 Å². The highest BCUT2D eigenvalue weighted by molar-refractivity contribution is 7.98. The fraction of sp³-hybridized carbons (Fsp3) is 0.353. The third kappa shape index (κ3) is 4.77. The van der Waals surface area contributed by atoms with Gasteiger partial charge in [0.05, 0.1) is 12.7 Å². The second-order valence-corrected chi connectivity index (χ2v) is 6.41. The van der Waals surface area contributed by atoms with Crippen LogP contribution in [0.25, 0.3) is 0 Å². The van der Waals surface area contributed by atoms with Crippen LogP contribution in [0.5, 0.6) is 11.5 Å². The molecule has 1 N–H and O–H groups in total. The predicted octanol–water partition coefficient (Wildman–Crippen LogP) is 2.58. The second-order valence-electron chi connectivity index (χ2n) is 5.63. The molecule has 0 spiro atoms. The number of halogens is 3. The maximum Gasteiger partial charge on any atom is 0.433 e. The number of alkyl halides is 3. The fourth-order valence-electron chi connectivity index (χ4n) is 2.49. The highest BCUT2D eigenvalue weighted by atomic mass is 32.2. The first kappa shape index (κ1) is 21.6. The maximum absolute atomic E-state index is 13.4. The predicted molar refractivity (Wildman–Crippen MR) is 95.2 cm³/mol. The Kier molecular flexibility index (Phi) is 6.60. The molecule has 0 fully saturated rings. The van der Waals surface area contributed by atoms with E-state index in [0.29, 0.717) is 5.56 Å². The number of nitrogens with zero attached hydrogens (tertiary/aromatic N) is 2. The molecule has 1 aromatic carbocycles. The largest absolute Gasteiger partial charge is 0.493 e. The molecule has 0 aliphatic carbocycles. The first-order chi connectivity index (χ1) is 13.1. The minimum atomic E-state index is -4.79. The van der Waals surface area contributed by atoms with E-state index in [9.17, 15) is 22.8 Å². The van der Waals surface area contributed by atoms with Gasteiger partial charge < -0.3 is 14.6 Å². The Bertz CT molecular complexity index is 944. The van der Waals surface area contributed by atoms with Crippen molar-refractivity contribution in [2.75, 3.05) is 20.0 Å². The second kappa shape index (κ2) is 8.55. The average Bonchev–Trinajstić information content (AvgIpc) is 2.63. The maximum atomic E-state index is 13.4. The molecule has 0 bridgehead atoms. The summed E-state index contributed by atoms with van der Waals surface area (Å²) in [5.41, 5.74) is -2.17. The molecule has 11 heteroatoms. The zero-order chi connectivity index (χ0) is 21.1. The third-order valence-corrected chi connectivity index (χ3v) is 4.48. The van der Waals surface area contributed by atoms with Crippen molar-refractivity contribution in [1.29, 1.82) is 0 Å². The number of carboxylic acid groups (broad SMARTS) is 1. The number of aromatic nitrogens is 2. The van der Waals surface area contributed by atoms with Gasteiger partial charge in [0.2, 0.25) is 0 Å². The Morgan fingerprint density at radius 2 is 2.00 bits per heavy atom. The van der Waals surface area contributed by atoms with E-state index < -0.39 is 35.6 Å². The summed E-state index contributed by atoms with van der Waals surface area (Å²) in [4.78, 5) is 26.7. The summed E-state index contributed by atoms with van der Waals surface area (Å²) in [6.45, 7) is -0.603. The fourth-order valence-corrected chi connectivity index (χ4v) is 3.03. The Morgan fingerprint density at radius 3 is 2.54 bits per heavy atom. The Balaban J connectivity index is 2.49. The number of carboxylic acids is 1.